The minimum absolute atomic E-state index is 0.129. The number of hydrogen-bond acceptors (Lipinski definition) is 3. The average molecular weight is 663 g/mol. The molecule has 1 aromatic carbocycles. The first-order valence-electron chi connectivity index (χ1n) is 19.4. The zero-order valence-corrected chi connectivity index (χ0v) is 30.9. The molecule has 6 heteroatoms. The van der Waals surface area contributed by atoms with E-state index in [0.29, 0.717) is 28.6 Å². The number of nitrogens with zero attached hydrogens (tertiary/aromatic N) is 1. The normalized spacial score (nSPS) is 37.6. The van der Waals surface area contributed by atoms with Gasteiger partial charge in [0.25, 0.3) is 0 Å². The van der Waals surface area contributed by atoms with Crippen LogP contribution in [0, 0.1) is 50.6 Å². The summed E-state index contributed by atoms with van der Waals surface area (Å²) < 4.78 is 14.9. The second kappa shape index (κ2) is 13.2. The SMILES string of the molecule is C[C@H]1CCC[C@@]1(CC[C@]1(C)CCCC2[C@@]3(C)CC=C(c4ccc(C(=O)O)c(F)c4)C(C)(C)[C@@H]3CC[C@]21C)CNCCCN1CCCC1=O. The van der Waals surface area contributed by atoms with E-state index in [0.717, 1.165) is 63.3 Å². The van der Waals surface area contributed by atoms with Crippen LogP contribution in [0.3, 0.4) is 0 Å². The van der Waals surface area contributed by atoms with Crippen LogP contribution in [0.4, 0.5) is 4.39 Å². The summed E-state index contributed by atoms with van der Waals surface area (Å²) in [6.45, 7) is 19.0. The van der Waals surface area contributed by atoms with E-state index in [1.54, 1.807) is 0 Å². The van der Waals surface area contributed by atoms with Crippen LogP contribution >= 0.6 is 0 Å². The standard InChI is InChI=1S/C42H63FN2O3/c1-29-11-7-19-42(29,28-44-24-10-26-45-25-9-13-36(45)46)23-22-39(4)18-8-12-35-40(5)20-16-32(30-14-15-31(37(47)48)33(43)27-30)38(2,3)34(40)17-21-41(35,39)6/h14-16,27,29,34-35,44H,7-13,17-26,28H2,1-6H3,(H,47,48)/t29-,34-,35?,39-,40-,41+,42+/m0/s1. The van der Waals surface area contributed by atoms with Crippen LogP contribution < -0.4 is 5.32 Å². The van der Waals surface area contributed by atoms with Gasteiger partial charge in [-0.15, -0.1) is 0 Å². The zero-order chi connectivity index (χ0) is 34.5. The fraction of sp³-hybridized carbons (Fsp3) is 0.762. The van der Waals surface area contributed by atoms with E-state index in [9.17, 15) is 19.1 Å². The number of benzene rings is 1. The number of allylic oxidation sites excluding steroid dienone is 2. The second-order valence-corrected chi connectivity index (χ2v) is 18.2. The molecule has 5 nitrogen and oxygen atoms in total. The number of rotatable bonds is 11. The molecule has 0 radical (unpaired) electrons. The number of hydrogen-bond donors (Lipinski definition) is 2. The summed E-state index contributed by atoms with van der Waals surface area (Å²) in [5, 5.41) is 13.3. The van der Waals surface area contributed by atoms with Gasteiger partial charge in [0.2, 0.25) is 5.91 Å². The first-order valence-corrected chi connectivity index (χ1v) is 19.4. The van der Waals surface area contributed by atoms with Gasteiger partial charge in [0, 0.05) is 26.1 Å². The molecule has 1 aromatic rings. The molecule has 48 heavy (non-hydrogen) atoms. The predicted octanol–water partition coefficient (Wildman–Crippen LogP) is 9.75. The first kappa shape index (κ1) is 35.6. The Hall–Kier alpha value is -2.21. The Morgan fingerprint density at radius 1 is 1.00 bits per heavy atom. The Kier molecular flexibility index (Phi) is 9.76. The number of halogens is 1. The van der Waals surface area contributed by atoms with Crippen molar-refractivity contribution in [2.45, 2.75) is 131 Å². The monoisotopic (exact) mass is 662 g/mol. The van der Waals surface area contributed by atoms with Gasteiger partial charge in [-0.3, -0.25) is 4.79 Å². The number of carboxylic acid groups (broad SMARTS) is 1. The van der Waals surface area contributed by atoms with E-state index in [1.807, 2.05) is 11.0 Å². The Bertz CT molecular complexity index is 1420. The smallest absolute Gasteiger partial charge is 0.338 e. The highest BCUT2D eigenvalue weighted by Gasteiger charge is 2.64. The molecule has 0 spiro atoms. The fourth-order valence-corrected chi connectivity index (χ4v) is 12.5. The van der Waals surface area contributed by atoms with Gasteiger partial charge in [0.1, 0.15) is 5.82 Å². The number of nitrogens with one attached hydrogen (secondary N) is 1. The lowest BCUT2D eigenvalue weighted by Gasteiger charge is -2.68. The van der Waals surface area contributed by atoms with Gasteiger partial charge in [-0.2, -0.15) is 0 Å². The first-order chi connectivity index (χ1) is 22.7. The van der Waals surface area contributed by atoms with E-state index >= 15 is 0 Å². The molecular weight excluding hydrogens is 599 g/mol. The fourth-order valence-electron chi connectivity index (χ4n) is 12.5. The molecule has 0 aromatic heterocycles. The summed E-state index contributed by atoms with van der Waals surface area (Å²) in [7, 11) is 0. The third-order valence-corrected chi connectivity index (χ3v) is 15.7. The lowest BCUT2D eigenvalue weighted by atomic mass is 9.36. The number of carbonyl (C=O) groups excluding carboxylic acids is 1. The summed E-state index contributed by atoms with van der Waals surface area (Å²) in [5.41, 5.74) is 2.76. The molecule has 4 aliphatic carbocycles. The zero-order valence-electron chi connectivity index (χ0n) is 30.9. The quantitative estimate of drug-likeness (QED) is 0.232. The number of amides is 1. The molecule has 1 heterocycles. The Balaban J connectivity index is 1.17. The topological polar surface area (TPSA) is 69.6 Å². The molecular formula is C42H63FN2O3. The highest BCUT2D eigenvalue weighted by molar-refractivity contribution is 5.88. The lowest BCUT2D eigenvalue weighted by molar-refractivity contribution is -0.172. The van der Waals surface area contributed by atoms with Crippen LogP contribution in [-0.2, 0) is 4.79 Å². The summed E-state index contributed by atoms with van der Waals surface area (Å²) in [6, 6.07) is 4.70. The van der Waals surface area contributed by atoms with Gasteiger partial charge in [-0.05, 0) is 139 Å². The van der Waals surface area contributed by atoms with Crippen molar-refractivity contribution in [1.82, 2.24) is 10.2 Å². The highest BCUT2D eigenvalue weighted by atomic mass is 19.1. The van der Waals surface area contributed by atoms with E-state index < -0.39 is 11.8 Å². The molecule has 6 rings (SSSR count). The molecule has 4 fully saturated rings. The molecule has 3 saturated carbocycles. The van der Waals surface area contributed by atoms with Crippen LogP contribution in [0.25, 0.3) is 5.57 Å². The molecule has 1 saturated heterocycles. The van der Waals surface area contributed by atoms with Crippen molar-refractivity contribution in [3.05, 3.63) is 41.2 Å². The number of fused-ring (bicyclic) bond motifs is 3. The maximum absolute atomic E-state index is 14.9. The van der Waals surface area contributed by atoms with Crippen LogP contribution in [0.5, 0.6) is 0 Å². The summed E-state index contributed by atoms with van der Waals surface area (Å²) in [5.74, 6) is 0.357. The van der Waals surface area contributed by atoms with Crippen LogP contribution in [0.2, 0.25) is 0 Å². The van der Waals surface area contributed by atoms with Gasteiger partial charge in [-0.25, -0.2) is 9.18 Å². The van der Waals surface area contributed by atoms with Gasteiger partial charge in [0.15, 0.2) is 0 Å². The summed E-state index contributed by atoms with van der Waals surface area (Å²) in [6.07, 6.45) is 19.1. The van der Waals surface area contributed by atoms with E-state index in [2.05, 4.69) is 52.9 Å². The molecule has 1 unspecified atom stereocenters. The van der Waals surface area contributed by atoms with E-state index in [1.165, 1.54) is 81.9 Å². The lowest BCUT2D eigenvalue weighted by Crippen LogP contribution is -2.60. The Morgan fingerprint density at radius 2 is 1.77 bits per heavy atom. The van der Waals surface area contributed by atoms with Crippen molar-refractivity contribution in [1.29, 1.82) is 0 Å². The summed E-state index contributed by atoms with van der Waals surface area (Å²) >= 11 is 0. The van der Waals surface area contributed by atoms with Crippen molar-refractivity contribution in [2.75, 3.05) is 26.2 Å². The maximum Gasteiger partial charge on any atom is 0.338 e. The van der Waals surface area contributed by atoms with Gasteiger partial charge >= 0.3 is 5.97 Å². The van der Waals surface area contributed by atoms with Crippen molar-refractivity contribution in [3.63, 3.8) is 0 Å². The van der Waals surface area contributed by atoms with Crippen LogP contribution in [0.15, 0.2) is 24.3 Å². The Morgan fingerprint density at radius 3 is 2.44 bits per heavy atom. The second-order valence-electron chi connectivity index (χ2n) is 18.2. The van der Waals surface area contributed by atoms with Crippen LogP contribution in [0.1, 0.15) is 147 Å². The van der Waals surface area contributed by atoms with Crippen molar-refractivity contribution in [3.8, 4) is 0 Å². The molecule has 1 aliphatic heterocycles. The number of carboxylic acids is 1. The molecule has 1 amide bonds. The number of aromatic carboxylic acids is 1. The highest BCUT2D eigenvalue weighted by Crippen LogP contribution is 2.72. The average Bonchev–Trinajstić information content (AvgIpc) is 3.60. The molecule has 7 atom stereocenters. The van der Waals surface area contributed by atoms with Crippen molar-refractivity contribution >= 4 is 17.4 Å². The van der Waals surface area contributed by atoms with Crippen molar-refractivity contribution in [2.24, 2.45) is 44.8 Å². The van der Waals surface area contributed by atoms with Crippen molar-refractivity contribution < 1.29 is 19.1 Å². The molecule has 266 valence electrons. The third kappa shape index (κ3) is 5.98. The van der Waals surface area contributed by atoms with Crippen LogP contribution in [-0.4, -0.2) is 48.1 Å². The molecule has 5 aliphatic rings. The van der Waals surface area contributed by atoms with Gasteiger partial charge < -0.3 is 15.3 Å². The molecule has 2 N–H and O–H groups in total. The van der Waals surface area contributed by atoms with Gasteiger partial charge in [0.05, 0.1) is 5.56 Å². The Labute approximate surface area is 289 Å². The predicted molar refractivity (Wildman–Crippen MR) is 192 cm³/mol. The third-order valence-electron chi connectivity index (χ3n) is 15.7. The van der Waals surface area contributed by atoms with E-state index in [4.69, 9.17) is 0 Å². The number of carbonyl (C=O) groups is 2. The van der Waals surface area contributed by atoms with E-state index in [-0.39, 0.29) is 21.8 Å². The van der Waals surface area contributed by atoms with Gasteiger partial charge in [-0.1, -0.05) is 72.9 Å². The minimum Gasteiger partial charge on any atom is -0.478 e. The summed E-state index contributed by atoms with van der Waals surface area (Å²) in [4.78, 5) is 25.6. The largest absolute Gasteiger partial charge is 0.478 e. The number of likely N-dealkylation sites (tertiary alicyclic amines) is 1. The maximum atomic E-state index is 14.9. The molecule has 0 bridgehead atoms. The minimum atomic E-state index is -1.22.